The number of amides is 1. The summed E-state index contributed by atoms with van der Waals surface area (Å²) in [6.45, 7) is 0.304. The van der Waals surface area contributed by atoms with Crippen LogP contribution in [0.5, 0.6) is 0 Å². The maximum absolute atomic E-state index is 12.5. The van der Waals surface area contributed by atoms with E-state index in [1.807, 2.05) is 30.3 Å². The summed E-state index contributed by atoms with van der Waals surface area (Å²) in [5, 5.41) is 16.7. The van der Waals surface area contributed by atoms with Crippen molar-refractivity contribution < 1.29 is 4.79 Å². The molecule has 3 aromatic heterocycles. The predicted octanol–water partition coefficient (Wildman–Crippen LogP) is 1.70. The Morgan fingerprint density at radius 3 is 2.71 bits per heavy atom. The lowest BCUT2D eigenvalue weighted by molar-refractivity contribution is 0.0951. The lowest BCUT2D eigenvalue weighted by atomic mass is 10.1. The zero-order valence-corrected chi connectivity index (χ0v) is 16.5. The molecule has 1 amide bonds. The van der Waals surface area contributed by atoms with Gasteiger partial charge < -0.3 is 11.1 Å². The fourth-order valence-corrected chi connectivity index (χ4v) is 3.28. The lowest BCUT2D eigenvalue weighted by Gasteiger charge is -2.06. The summed E-state index contributed by atoms with van der Waals surface area (Å²) in [5.74, 6) is -0.214. The van der Waals surface area contributed by atoms with Gasteiger partial charge in [0.25, 0.3) is 11.5 Å². The van der Waals surface area contributed by atoms with Crippen LogP contribution in [-0.2, 0) is 6.42 Å². The van der Waals surface area contributed by atoms with Gasteiger partial charge in [0.15, 0.2) is 0 Å². The number of nitrogens with two attached hydrogens (primary N) is 1. The summed E-state index contributed by atoms with van der Waals surface area (Å²) in [6.07, 6.45) is 3.82. The van der Waals surface area contributed by atoms with Gasteiger partial charge in [-0.3, -0.25) is 14.0 Å². The first-order valence-electron chi connectivity index (χ1n) is 9.67. The number of anilines is 1. The third kappa shape index (κ3) is 3.86. The van der Waals surface area contributed by atoms with Crippen LogP contribution in [0.4, 0.5) is 5.82 Å². The zero-order chi connectivity index (χ0) is 21.8. The van der Waals surface area contributed by atoms with Crippen molar-refractivity contribution in [3.8, 4) is 11.8 Å². The number of aryl methyl sites for hydroxylation is 1. The normalized spacial score (nSPS) is 10.7. The number of nitriles is 1. The van der Waals surface area contributed by atoms with E-state index in [0.717, 1.165) is 5.69 Å². The molecule has 3 N–H and O–H groups in total. The molecule has 9 nitrogen and oxygen atoms in total. The maximum atomic E-state index is 12.5. The second-order valence-electron chi connectivity index (χ2n) is 6.83. The number of fused-ring (bicyclic) bond motifs is 1. The van der Waals surface area contributed by atoms with E-state index in [9.17, 15) is 14.9 Å². The van der Waals surface area contributed by atoms with Crippen LogP contribution in [0, 0.1) is 11.3 Å². The van der Waals surface area contributed by atoms with Gasteiger partial charge in [-0.05, 0) is 37.1 Å². The molecular formula is C22H19N7O2. The highest BCUT2D eigenvalue weighted by molar-refractivity contribution is 5.93. The summed E-state index contributed by atoms with van der Waals surface area (Å²) in [4.78, 5) is 29.1. The van der Waals surface area contributed by atoms with E-state index < -0.39 is 11.5 Å². The molecule has 0 aliphatic heterocycles. The SMILES string of the molecule is N#Cc1c(CCCNC(=O)c2cnc3ccccn3c2=O)nn(-c2ccccc2)c1N. The fraction of sp³-hybridized carbons (Fsp3) is 0.136. The molecular weight excluding hydrogens is 394 g/mol. The second-order valence-corrected chi connectivity index (χ2v) is 6.83. The average molecular weight is 413 g/mol. The van der Waals surface area contributed by atoms with Crippen LogP contribution in [0.15, 0.2) is 65.7 Å². The van der Waals surface area contributed by atoms with E-state index in [0.29, 0.717) is 36.3 Å². The Balaban J connectivity index is 1.43. The molecule has 154 valence electrons. The quantitative estimate of drug-likeness (QED) is 0.463. The zero-order valence-electron chi connectivity index (χ0n) is 16.5. The molecule has 0 aliphatic carbocycles. The summed E-state index contributed by atoms with van der Waals surface area (Å²) >= 11 is 0. The second kappa shape index (κ2) is 8.51. The molecule has 0 atom stereocenters. The van der Waals surface area contributed by atoms with Gasteiger partial charge in [0.1, 0.15) is 28.7 Å². The molecule has 0 saturated carbocycles. The van der Waals surface area contributed by atoms with Crippen molar-refractivity contribution in [1.29, 1.82) is 5.26 Å². The molecule has 4 rings (SSSR count). The molecule has 0 unspecified atom stereocenters. The van der Waals surface area contributed by atoms with Gasteiger partial charge in [-0.15, -0.1) is 0 Å². The number of nitrogen functional groups attached to an aromatic ring is 1. The number of rotatable bonds is 6. The molecule has 3 heterocycles. The smallest absolute Gasteiger partial charge is 0.270 e. The summed E-state index contributed by atoms with van der Waals surface area (Å²) in [7, 11) is 0. The third-order valence-electron chi connectivity index (χ3n) is 4.84. The number of benzene rings is 1. The minimum Gasteiger partial charge on any atom is -0.382 e. The van der Waals surface area contributed by atoms with Crippen molar-refractivity contribution in [2.75, 3.05) is 12.3 Å². The number of para-hydroxylation sites is 1. The minimum absolute atomic E-state index is 0.0287. The van der Waals surface area contributed by atoms with Crippen LogP contribution in [0.2, 0.25) is 0 Å². The van der Waals surface area contributed by atoms with Crippen LogP contribution in [0.3, 0.4) is 0 Å². The van der Waals surface area contributed by atoms with E-state index in [-0.39, 0.29) is 11.4 Å². The Morgan fingerprint density at radius 1 is 1.16 bits per heavy atom. The summed E-state index contributed by atoms with van der Waals surface area (Å²) in [5.41, 5.74) is 7.77. The fourth-order valence-electron chi connectivity index (χ4n) is 3.28. The predicted molar refractivity (Wildman–Crippen MR) is 115 cm³/mol. The van der Waals surface area contributed by atoms with Gasteiger partial charge in [0.2, 0.25) is 0 Å². The number of hydrogen-bond acceptors (Lipinski definition) is 6. The highest BCUT2D eigenvalue weighted by atomic mass is 16.2. The van der Waals surface area contributed by atoms with Gasteiger partial charge >= 0.3 is 0 Å². The van der Waals surface area contributed by atoms with Crippen LogP contribution in [0.25, 0.3) is 11.3 Å². The Morgan fingerprint density at radius 2 is 1.94 bits per heavy atom. The lowest BCUT2D eigenvalue weighted by Crippen LogP contribution is -2.32. The van der Waals surface area contributed by atoms with E-state index in [1.54, 1.807) is 24.4 Å². The number of pyridine rings is 1. The first kappa shape index (κ1) is 19.8. The summed E-state index contributed by atoms with van der Waals surface area (Å²) in [6, 6.07) is 16.6. The average Bonchev–Trinajstić information content (AvgIpc) is 3.12. The van der Waals surface area contributed by atoms with E-state index >= 15 is 0 Å². The van der Waals surface area contributed by atoms with Gasteiger partial charge in [0.05, 0.1) is 11.4 Å². The van der Waals surface area contributed by atoms with Gasteiger partial charge in [0, 0.05) is 18.9 Å². The van der Waals surface area contributed by atoms with Crippen LogP contribution < -0.4 is 16.6 Å². The van der Waals surface area contributed by atoms with Gasteiger partial charge in [-0.2, -0.15) is 10.4 Å². The number of nitrogens with one attached hydrogen (secondary N) is 1. The molecule has 0 radical (unpaired) electrons. The number of hydrogen-bond donors (Lipinski definition) is 2. The third-order valence-corrected chi connectivity index (χ3v) is 4.84. The van der Waals surface area contributed by atoms with Crippen molar-refractivity contribution in [2.45, 2.75) is 12.8 Å². The maximum Gasteiger partial charge on any atom is 0.270 e. The first-order chi connectivity index (χ1) is 15.1. The van der Waals surface area contributed by atoms with Crippen molar-refractivity contribution in [3.05, 3.63) is 88.1 Å². The van der Waals surface area contributed by atoms with Gasteiger partial charge in [-0.1, -0.05) is 24.3 Å². The molecule has 0 fully saturated rings. The van der Waals surface area contributed by atoms with Crippen LogP contribution in [-0.4, -0.2) is 31.6 Å². The Bertz CT molecular complexity index is 1350. The van der Waals surface area contributed by atoms with Crippen molar-refractivity contribution >= 4 is 17.4 Å². The minimum atomic E-state index is -0.495. The topological polar surface area (TPSA) is 131 Å². The molecule has 9 heteroatoms. The monoisotopic (exact) mass is 413 g/mol. The number of carbonyl (C=O) groups excluding carboxylic acids is 1. The van der Waals surface area contributed by atoms with Crippen LogP contribution in [0.1, 0.15) is 28.0 Å². The van der Waals surface area contributed by atoms with Crippen LogP contribution >= 0.6 is 0 Å². The molecule has 1 aromatic carbocycles. The van der Waals surface area contributed by atoms with E-state index in [4.69, 9.17) is 5.73 Å². The number of nitrogens with zero attached hydrogens (tertiary/aromatic N) is 5. The van der Waals surface area contributed by atoms with Crippen molar-refractivity contribution in [1.82, 2.24) is 24.5 Å². The Kier molecular flexibility index (Phi) is 5.45. The standard InChI is InChI=1S/C22H19N7O2/c23-13-16-18(27-29(20(16)24)15-7-2-1-3-8-15)9-6-11-25-21(30)17-14-26-19-10-4-5-12-28(19)22(17)31/h1-5,7-8,10,12,14H,6,9,11,24H2,(H,25,30). The molecule has 0 bridgehead atoms. The van der Waals surface area contributed by atoms with Gasteiger partial charge in [-0.25, -0.2) is 9.67 Å². The van der Waals surface area contributed by atoms with Crippen molar-refractivity contribution in [3.63, 3.8) is 0 Å². The van der Waals surface area contributed by atoms with E-state index in [2.05, 4.69) is 21.5 Å². The number of carbonyl (C=O) groups is 1. The highest BCUT2D eigenvalue weighted by Crippen LogP contribution is 2.21. The molecule has 0 spiro atoms. The molecule has 0 saturated heterocycles. The highest BCUT2D eigenvalue weighted by Gasteiger charge is 2.17. The number of aromatic nitrogens is 4. The summed E-state index contributed by atoms with van der Waals surface area (Å²) < 4.78 is 2.86. The Hall–Kier alpha value is -4.45. The molecule has 0 aliphatic rings. The van der Waals surface area contributed by atoms with Crippen molar-refractivity contribution in [2.24, 2.45) is 0 Å². The molecule has 31 heavy (non-hydrogen) atoms. The van der Waals surface area contributed by atoms with E-state index in [1.165, 1.54) is 15.3 Å². The molecule has 4 aromatic rings. The first-order valence-corrected chi connectivity index (χ1v) is 9.67. The largest absolute Gasteiger partial charge is 0.382 e. The Labute approximate surface area is 177 Å².